The zero-order chi connectivity index (χ0) is 24.1. The molecule has 0 radical (unpaired) electrons. The maximum Gasteiger partial charge on any atom is 0.253 e. The van der Waals surface area contributed by atoms with Gasteiger partial charge in [0.25, 0.3) is 5.91 Å². The van der Waals surface area contributed by atoms with E-state index in [0.29, 0.717) is 60.6 Å². The molecule has 0 bridgehead atoms. The maximum absolute atomic E-state index is 13.7. The molecular formula is C25H31FN6O2. The van der Waals surface area contributed by atoms with Gasteiger partial charge in [0.1, 0.15) is 23.5 Å². The van der Waals surface area contributed by atoms with Crippen LogP contribution in [0.5, 0.6) is 0 Å². The average molecular weight is 467 g/mol. The first-order valence-electron chi connectivity index (χ1n) is 11.5. The molecule has 1 aromatic carbocycles. The summed E-state index contributed by atoms with van der Waals surface area (Å²) in [4.78, 5) is 30.7. The summed E-state index contributed by atoms with van der Waals surface area (Å²) in [6.07, 6.45) is 1.56. The van der Waals surface area contributed by atoms with E-state index in [1.807, 2.05) is 17.0 Å². The van der Waals surface area contributed by atoms with Crippen molar-refractivity contribution in [2.24, 2.45) is 0 Å². The summed E-state index contributed by atoms with van der Waals surface area (Å²) in [6.45, 7) is 3.45. The molecular weight excluding hydrogens is 435 g/mol. The number of likely N-dealkylation sites (N-methyl/N-ethyl adjacent to an activating group) is 1. The number of benzene rings is 1. The van der Waals surface area contributed by atoms with Gasteiger partial charge in [-0.2, -0.15) is 0 Å². The average Bonchev–Trinajstić information content (AvgIpc) is 2.87. The van der Waals surface area contributed by atoms with Crippen LogP contribution >= 0.6 is 0 Å². The molecule has 34 heavy (non-hydrogen) atoms. The van der Waals surface area contributed by atoms with Gasteiger partial charge < -0.3 is 15.0 Å². The smallest absolute Gasteiger partial charge is 0.253 e. The zero-order valence-electron chi connectivity index (χ0n) is 19.9. The lowest BCUT2D eigenvalue weighted by Gasteiger charge is -2.30. The number of aromatic nitrogens is 3. The van der Waals surface area contributed by atoms with Gasteiger partial charge in [0, 0.05) is 45.9 Å². The SMILES string of the molecule is CNC(=O)c1cc(-c2ccc(CN(C)CCOC)cc2)nc2c(N3CCC(F)CC3)ncnc12. The number of carbonyl (C=O) groups excluding carboxylic acids is 1. The Labute approximate surface area is 199 Å². The topological polar surface area (TPSA) is 83.5 Å². The van der Waals surface area contributed by atoms with E-state index in [-0.39, 0.29) is 5.91 Å². The van der Waals surface area contributed by atoms with E-state index in [4.69, 9.17) is 9.72 Å². The van der Waals surface area contributed by atoms with Crippen LogP contribution < -0.4 is 10.2 Å². The van der Waals surface area contributed by atoms with Crippen LogP contribution in [-0.4, -0.2) is 79.4 Å². The van der Waals surface area contributed by atoms with Gasteiger partial charge in [-0.3, -0.25) is 9.69 Å². The van der Waals surface area contributed by atoms with Gasteiger partial charge in [0.2, 0.25) is 0 Å². The van der Waals surface area contributed by atoms with E-state index < -0.39 is 6.17 Å². The second-order valence-electron chi connectivity index (χ2n) is 8.62. The highest BCUT2D eigenvalue weighted by Crippen LogP contribution is 2.30. The van der Waals surface area contributed by atoms with Crippen molar-refractivity contribution in [2.45, 2.75) is 25.6 Å². The Morgan fingerprint density at radius 3 is 2.62 bits per heavy atom. The largest absolute Gasteiger partial charge is 0.383 e. The Morgan fingerprint density at radius 2 is 1.94 bits per heavy atom. The number of nitrogens with zero attached hydrogens (tertiary/aromatic N) is 5. The number of ether oxygens (including phenoxy) is 1. The number of carbonyl (C=O) groups is 1. The Kier molecular flexibility index (Phi) is 7.64. The Balaban J connectivity index is 1.71. The number of hydrogen-bond donors (Lipinski definition) is 1. The Bertz CT molecular complexity index is 1130. The van der Waals surface area contributed by atoms with Crippen LogP contribution in [0.25, 0.3) is 22.3 Å². The minimum Gasteiger partial charge on any atom is -0.383 e. The lowest BCUT2D eigenvalue weighted by Crippen LogP contribution is -2.35. The van der Waals surface area contributed by atoms with Gasteiger partial charge in [-0.1, -0.05) is 24.3 Å². The first kappa shape index (κ1) is 24.0. The quantitative estimate of drug-likeness (QED) is 0.546. The second kappa shape index (κ2) is 10.8. The predicted molar refractivity (Wildman–Crippen MR) is 131 cm³/mol. The van der Waals surface area contributed by atoms with E-state index in [1.165, 1.54) is 11.9 Å². The van der Waals surface area contributed by atoms with E-state index in [2.05, 4.69) is 39.4 Å². The lowest BCUT2D eigenvalue weighted by atomic mass is 10.0. The molecule has 180 valence electrons. The first-order chi connectivity index (χ1) is 16.5. The molecule has 8 nitrogen and oxygen atoms in total. The molecule has 3 aromatic rings. The highest BCUT2D eigenvalue weighted by Gasteiger charge is 2.24. The second-order valence-corrected chi connectivity index (χ2v) is 8.62. The van der Waals surface area contributed by atoms with Crippen molar-refractivity contribution >= 4 is 22.8 Å². The number of nitrogens with one attached hydrogen (secondary N) is 1. The van der Waals surface area contributed by atoms with Crippen molar-refractivity contribution in [1.29, 1.82) is 0 Å². The molecule has 1 N–H and O–H groups in total. The molecule has 0 saturated carbocycles. The van der Waals surface area contributed by atoms with Gasteiger partial charge in [0.15, 0.2) is 5.82 Å². The third-order valence-electron chi connectivity index (χ3n) is 6.15. The molecule has 1 aliphatic rings. The molecule has 0 atom stereocenters. The Morgan fingerprint density at radius 1 is 1.21 bits per heavy atom. The van der Waals surface area contributed by atoms with Crippen LogP contribution in [0.2, 0.25) is 0 Å². The fourth-order valence-electron chi connectivity index (χ4n) is 4.19. The van der Waals surface area contributed by atoms with Gasteiger partial charge in [-0.15, -0.1) is 0 Å². The number of alkyl halides is 1. The molecule has 1 saturated heterocycles. The summed E-state index contributed by atoms with van der Waals surface area (Å²) in [5.74, 6) is 0.400. The highest BCUT2D eigenvalue weighted by molar-refractivity contribution is 6.07. The van der Waals surface area contributed by atoms with Crippen LogP contribution in [0.15, 0.2) is 36.7 Å². The van der Waals surface area contributed by atoms with Crippen molar-refractivity contribution in [2.75, 3.05) is 52.3 Å². The fourth-order valence-corrected chi connectivity index (χ4v) is 4.19. The molecule has 2 aromatic heterocycles. The monoisotopic (exact) mass is 466 g/mol. The minimum atomic E-state index is -0.790. The van der Waals surface area contributed by atoms with E-state index >= 15 is 0 Å². The number of anilines is 1. The summed E-state index contributed by atoms with van der Waals surface area (Å²) in [5.41, 5.74) is 4.23. The van der Waals surface area contributed by atoms with Crippen LogP contribution in [0, 0.1) is 0 Å². The number of amides is 1. The third-order valence-corrected chi connectivity index (χ3v) is 6.15. The number of hydrogen-bond acceptors (Lipinski definition) is 7. The van der Waals surface area contributed by atoms with Crippen molar-refractivity contribution < 1.29 is 13.9 Å². The summed E-state index contributed by atoms with van der Waals surface area (Å²) in [6, 6.07) is 9.93. The maximum atomic E-state index is 13.7. The van der Waals surface area contributed by atoms with Crippen molar-refractivity contribution in [3.05, 3.63) is 47.8 Å². The minimum absolute atomic E-state index is 0.239. The number of piperidine rings is 1. The van der Waals surface area contributed by atoms with E-state index in [1.54, 1.807) is 20.2 Å². The van der Waals surface area contributed by atoms with Gasteiger partial charge in [-0.05, 0) is 31.5 Å². The van der Waals surface area contributed by atoms with Gasteiger partial charge in [0.05, 0.1) is 17.9 Å². The number of methoxy groups -OCH3 is 1. The molecule has 9 heteroatoms. The van der Waals surface area contributed by atoms with Crippen LogP contribution in [0.1, 0.15) is 28.8 Å². The summed E-state index contributed by atoms with van der Waals surface area (Å²) < 4.78 is 18.9. The molecule has 4 rings (SSSR count). The van der Waals surface area contributed by atoms with Gasteiger partial charge >= 0.3 is 0 Å². The highest BCUT2D eigenvalue weighted by atomic mass is 19.1. The molecule has 0 unspecified atom stereocenters. The third kappa shape index (κ3) is 5.31. The zero-order valence-corrected chi connectivity index (χ0v) is 19.9. The normalized spacial score (nSPS) is 14.7. The standard InChI is InChI=1S/C25H31FN6O2/c1-27-25(33)20-14-21(18-6-4-17(5-7-18)15-31(2)12-13-34-3)30-23-22(20)28-16-29-24(23)32-10-8-19(26)9-11-32/h4-7,14,16,19H,8-13,15H2,1-3H3,(H,27,33). The number of halogens is 1. The van der Waals surface area contributed by atoms with Gasteiger partial charge in [-0.25, -0.2) is 19.3 Å². The predicted octanol–water partition coefficient (Wildman–Crippen LogP) is 3.07. The van der Waals surface area contributed by atoms with Crippen LogP contribution in [-0.2, 0) is 11.3 Å². The van der Waals surface area contributed by atoms with Crippen LogP contribution in [0.3, 0.4) is 0 Å². The van der Waals surface area contributed by atoms with E-state index in [0.717, 1.165) is 18.7 Å². The van der Waals surface area contributed by atoms with Crippen LogP contribution in [0.4, 0.5) is 10.2 Å². The number of pyridine rings is 1. The molecule has 0 spiro atoms. The molecule has 1 amide bonds. The number of rotatable bonds is 8. The first-order valence-corrected chi connectivity index (χ1v) is 11.5. The lowest BCUT2D eigenvalue weighted by molar-refractivity contribution is 0.0964. The molecule has 3 heterocycles. The summed E-state index contributed by atoms with van der Waals surface area (Å²) in [7, 11) is 5.35. The Hall–Kier alpha value is -3.17. The van der Waals surface area contributed by atoms with Crippen molar-refractivity contribution in [1.82, 2.24) is 25.2 Å². The van der Waals surface area contributed by atoms with Crippen molar-refractivity contribution in [3.63, 3.8) is 0 Å². The van der Waals surface area contributed by atoms with Crippen molar-refractivity contribution in [3.8, 4) is 11.3 Å². The number of fused-ring (bicyclic) bond motifs is 1. The molecule has 1 aliphatic heterocycles. The van der Waals surface area contributed by atoms with E-state index in [9.17, 15) is 9.18 Å². The molecule has 0 aliphatic carbocycles. The molecule has 1 fully saturated rings. The summed E-state index contributed by atoms with van der Waals surface area (Å²) >= 11 is 0. The fraction of sp³-hybridized carbons (Fsp3) is 0.440. The summed E-state index contributed by atoms with van der Waals surface area (Å²) in [5, 5.41) is 2.70.